The van der Waals surface area contributed by atoms with Crippen LogP contribution in [0.25, 0.3) is 22.2 Å². The SMILES string of the molecule is Cc1cccc(C)c1-c1cc2cnc(Nc3ccc(P(=O)(O)CP(=O)(O)O)cc3)nc2n(C)c1=O. The highest BCUT2D eigenvalue weighted by Gasteiger charge is 2.31. The van der Waals surface area contributed by atoms with Gasteiger partial charge in [0.1, 0.15) is 11.6 Å². The summed E-state index contributed by atoms with van der Waals surface area (Å²) < 4.78 is 24.9. The van der Waals surface area contributed by atoms with Crippen molar-refractivity contribution in [3.05, 3.63) is 76.2 Å². The number of hydrogen-bond donors (Lipinski definition) is 4. The van der Waals surface area contributed by atoms with E-state index in [1.54, 1.807) is 19.3 Å². The second-order valence-electron chi connectivity index (χ2n) is 8.34. The van der Waals surface area contributed by atoms with Gasteiger partial charge in [0.2, 0.25) is 13.3 Å². The zero-order valence-electron chi connectivity index (χ0n) is 19.2. The third-order valence-corrected chi connectivity index (χ3v) is 9.71. The molecule has 182 valence electrons. The number of nitrogens with one attached hydrogen (secondary N) is 1. The van der Waals surface area contributed by atoms with Crippen LogP contribution in [0, 0.1) is 13.8 Å². The van der Waals surface area contributed by atoms with Crippen LogP contribution in [-0.4, -0.2) is 35.1 Å². The van der Waals surface area contributed by atoms with E-state index in [0.29, 0.717) is 22.3 Å². The molecule has 1 unspecified atom stereocenters. The Morgan fingerprint density at radius 1 is 1.00 bits per heavy atom. The van der Waals surface area contributed by atoms with Crippen LogP contribution in [0.2, 0.25) is 0 Å². The Balaban J connectivity index is 1.66. The summed E-state index contributed by atoms with van der Waals surface area (Å²) in [4.78, 5) is 50.0. The fourth-order valence-corrected chi connectivity index (χ4v) is 7.23. The van der Waals surface area contributed by atoms with Gasteiger partial charge in [0.25, 0.3) is 5.56 Å². The van der Waals surface area contributed by atoms with Gasteiger partial charge >= 0.3 is 7.60 Å². The van der Waals surface area contributed by atoms with E-state index in [2.05, 4.69) is 15.3 Å². The molecule has 2 aromatic heterocycles. The standard InChI is InChI=1S/C23H24N4O6P2/c1-14-5-4-6-15(2)20(14)19-11-16-12-24-23(26-21(16)27(3)22(19)28)25-17-7-9-18(10-8-17)34(29,30)13-35(31,32)33/h4-12H,13H2,1-3H3,(H,29,30)(H,24,25,26)(H2,31,32,33). The molecular formula is C23H24N4O6P2. The summed E-state index contributed by atoms with van der Waals surface area (Å²) in [6, 6.07) is 13.2. The van der Waals surface area contributed by atoms with Gasteiger partial charge in [-0.15, -0.1) is 0 Å². The number of hydrogen-bond acceptors (Lipinski definition) is 6. The molecule has 0 aliphatic carbocycles. The number of aryl methyl sites for hydroxylation is 3. The number of aromatic nitrogens is 3. The lowest BCUT2D eigenvalue weighted by atomic mass is 9.96. The average Bonchev–Trinajstić information content (AvgIpc) is 2.76. The lowest BCUT2D eigenvalue weighted by Gasteiger charge is -2.14. The first-order valence-electron chi connectivity index (χ1n) is 10.5. The highest BCUT2D eigenvalue weighted by atomic mass is 31.2. The summed E-state index contributed by atoms with van der Waals surface area (Å²) in [5.41, 5.74) is 4.18. The average molecular weight is 514 g/mol. The predicted molar refractivity (Wildman–Crippen MR) is 136 cm³/mol. The number of fused-ring (bicyclic) bond motifs is 1. The van der Waals surface area contributed by atoms with E-state index < -0.39 is 20.9 Å². The Morgan fingerprint density at radius 3 is 2.23 bits per heavy atom. The first kappa shape index (κ1) is 25.0. The molecule has 4 N–H and O–H groups in total. The largest absolute Gasteiger partial charge is 0.341 e. The van der Waals surface area contributed by atoms with E-state index in [1.807, 2.05) is 32.0 Å². The molecule has 10 nitrogen and oxygen atoms in total. The zero-order valence-corrected chi connectivity index (χ0v) is 21.0. The second kappa shape index (κ2) is 9.15. The van der Waals surface area contributed by atoms with E-state index in [1.165, 1.54) is 28.8 Å². The molecule has 0 bridgehead atoms. The third kappa shape index (κ3) is 5.27. The predicted octanol–water partition coefficient (Wildman–Crippen LogP) is 3.39. The lowest BCUT2D eigenvalue weighted by molar-refractivity contribution is 0.376. The molecule has 1 atom stereocenters. The highest BCUT2D eigenvalue weighted by molar-refractivity contribution is 7.77. The lowest BCUT2D eigenvalue weighted by Crippen LogP contribution is -2.20. The van der Waals surface area contributed by atoms with Gasteiger partial charge in [-0.1, -0.05) is 18.2 Å². The fourth-order valence-electron chi connectivity index (χ4n) is 3.96. The molecule has 0 radical (unpaired) electrons. The Hall–Kier alpha value is -3.13. The van der Waals surface area contributed by atoms with Crippen molar-refractivity contribution in [3.63, 3.8) is 0 Å². The van der Waals surface area contributed by atoms with Gasteiger partial charge < -0.3 is 20.0 Å². The third-order valence-electron chi connectivity index (χ3n) is 5.60. The van der Waals surface area contributed by atoms with Crippen LogP contribution >= 0.6 is 15.0 Å². The zero-order chi connectivity index (χ0) is 25.5. The van der Waals surface area contributed by atoms with Gasteiger partial charge in [0, 0.05) is 35.2 Å². The summed E-state index contributed by atoms with van der Waals surface area (Å²) in [6.45, 7) is 3.92. The molecular weight excluding hydrogens is 490 g/mol. The van der Waals surface area contributed by atoms with Crippen molar-refractivity contribution >= 4 is 42.9 Å². The Labute approximate surface area is 200 Å². The number of nitrogens with zero attached hydrogens (tertiary/aromatic N) is 3. The van der Waals surface area contributed by atoms with Crippen molar-refractivity contribution in [2.24, 2.45) is 7.05 Å². The first-order valence-corrected chi connectivity index (χ1v) is 14.2. The Kier molecular flexibility index (Phi) is 6.53. The molecule has 0 saturated heterocycles. The first-order chi connectivity index (χ1) is 16.4. The summed E-state index contributed by atoms with van der Waals surface area (Å²) in [5.74, 6) is -0.916. The van der Waals surface area contributed by atoms with Crippen molar-refractivity contribution in [2.45, 2.75) is 13.8 Å². The van der Waals surface area contributed by atoms with Gasteiger partial charge in [0.15, 0.2) is 0 Å². The maximum absolute atomic E-state index is 13.2. The normalized spacial score (nSPS) is 13.5. The van der Waals surface area contributed by atoms with Crippen molar-refractivity contribution in [1.29, 1.82) is 0 Å². The van der Waals surface area contributed by atoms with E-state index in [0.717, 1.165) is 16.7 Å². The summed E-state index contributed by atoms with van der Waals surface area (Å²) in [7, 11) is -7.22. The number of pyridine rings is 1. The van der Waals surface area contributed by atoms with Crippen LogP contribution < -0.4 is 16.2 Å². The molecule has 0 amide bonds. The summed E-state index contributed by atoms with van der Waals surface area (Å²) >= 11 is 0. The van der Waals surface area contributed by atoms with Gasteiger partial charge in [-0.2, -0.15) is 4.98 Å². The Morgan fingerprint density at radius 2 is 1.63 bits per heavy atom. The molecule has 2 heterocycles. The maximum Gasteiger partial charge on any atom is 0.335 e. The quantitative estimate of drug-likeness (QED) is 0.284. The van der Waals surface area contributed by atoms with Crippen LogP contribution in [0.4, 0.5) is 11.6 Å². The molecule has 0 spiro atoms. The van der Waals surface area contributed by atoms with E-state index >= 15 is 0 Å². The molecule has 0 aliphatic rings. The minimum atomic E-state index is -4.66. The summed E-state index contributed by atoms with van der Waals surface area (Å²) in [6.07, 6.45) is 1.61. The smallest absolute Gasteiger partial charge is 0.335 e. The maximum atomic E-state index is 13.2. The molecule has 4 rings (SSSR count). The monoisotopic (exact) mass is 514 g/mol. The van der Waals surface area contributed by atoms with Gasteiger partial charge in [-0.25, -0.2) is 4.98 Å². The molecule has 0 aliphatic heterocycles. The molecule has 35 heavy (non-hydrogen) atoms. The van der Waals surface area contributed by atoms with E-state index in [-0.39, 0.29) is 16.8 Å². The van der Waals surface area contributed by atoms with Crippen molar-refractivity contribution in [2.75, 3.05) is 11.2 Å². The minimum absolute atomic E-state index is 0.0766. The number of anilines is 2. The molecule has 12 heteroatoms. The summed E-state index contributed by atoms with van der Waals surface area (Å²) in [5, 5.41) is 3.58. The molecule has 0 fully saturated rings. The minimum Gasteiger partial charge on any atom is -0.341 e. The second-order valence-corrected chi connectivity index (χ2v) is 12.7. The van der Waals surface area contributed by atoms with Crippen LogP contribution in [0.15, 0.2) is 59.5 Å². The van der Waals surface area contributed by atoms with Crippen molar-refractivity contribution in [1.82, 2.24) is 14.5 Å². The number of benzene rings is 2. The van der Waals surface area contributed by atoms with Crippen LogP contribution in [0.5, 0.6) is 0 Å². The van der Waals surface area contributed by atoms with Crippen molar-refractivity contribution in [3.8, 4) is 11.1 Å². The highest BCUT2D eigenvalue weighted by Crippen LogP contribution is 2.53. The van der Waals surface area contributed by atoms with Gasteiger partial charge in [0.05, 0.1) is 0 Å². The van der Waals surface area contributed by atoms with Crippen LogP contribution in [-0.2, 0) is 16.2 Å². The van der Waals surface area contributed by atoms with Crippen molar-refractivity contribution < 1.29 is 23.8 Å². The van der Waals surface area contributed by atoms with Crippen LogP contribution in [0.3, 0.4) is 0 Å². The van der Waals surface area contributed by atoms with Crippen LogP contribution in [0.1, 0.15) is 11.1 Å². The number of rotatable bonds is 6. The van der Waals surface area contributed by atoms with E-state index in [4.69, 9.17) is 9.79 Å². The molecule has 0 saturated carbocycles. The van der Waals surface area contributed by atoms with Gasteiger partial charge in [-0.3, -0.25) is 18.5 Å². The topological polar surface area (TPSA) is 155 Å². The van der Waals surface area contributed by atoms with Gasteiger partial charge in [-0.05, 0) is 60.9 Å². The fraction of sp³-hybridized carbons (Fsp3) is 0.174. The van der Waals surface area contributed by atoms with E-state index in [9.17, 15) is 18.8 Å². The Bertz CT molecular complexity index is 1570. The molecule has 4 aromatic rings. The molecule has 2 aromatic carbocycles.